The molecule has 0 aromatic heterocycles. The predicted octanol–water partition coefficient (Wildman–Crippen LogP) is 3.28. The van der Waals surface area contributed by atoms with E-state index >= 15 is 0 Å². The van der Waals surface area contributed by atoms with Crippen molar-refractivity contribution < 1.29 is 29.3 Å². The van der Waals surface area contributed by atoms with Gasteiger partial charge in [-0.2, -0.15) is 0 Å². The van der Waals surface area contributed by atoms with Crippen LogP contribution < -0.4 is 10.6 Å². The molecular weight excluding hydrogens is 436 g/mol. The topological polar surface area (TPSA) is 125 Å². The van der Waals surface area contributed by atoms with Crippen LogP contribution in [-0.2, 0) is 14.3 Å². The lowest BCUT2D eigenvalue weighted by atomic mass is 9.86. The van der Waals surface area contributed by atoms with Gasteiger partial charge in [-0.1, -0.05) is 69.3 Å². The quantitative estimate of drug-likeness (QED) is 0.471. The van der Waals surface area contributed by atoms with Crippen LogP contribution in [0.15, 0.2) is 48.5 Å². The molecule has 0 heterocycles. The zero-order valence-corrected chi connectivity index (χ0v) is 19.9. The lowest BCUT2D eigenvalue weighted by Gasteiger charge is -2.31. The van der Waals surface area contributed by atoms with Crippen molar-refractivity contribution in [2.75, 3.05) is 13.2 Å². The summed E-state index contributed by atoms with van der Waals surface area (Å²) >= 11 is 0. The van der Waals surface area contributed by atoms with Crippen LogP contribution in [0.3, 0.4) is 0 Å². The van der Waals surface area contributed by atoms with Crippen LogP contribution in [0, 0.1) is 5.41 Å². The second-order valence-electron chi connectivity index (χ2n) is 10.1. The summed E-state index contributed by atoms with van der Waals surface area (Å²) in [4.78, 5) is 36.4. The normalized spacial score (nSPS) is 15.4. The molecule has 2 aromatic rings. The first kappa shape index (κ1) is 25.2. The number of ether oxygens (including phenoxy) is 1. The van der Waals surface area contributed by atoms with Crippen molar-refractivity contribution >= 4 is 18.0 Å². The van der Waals surface area contributed by atoms with Crippen LogP contribution in [0.1, 0.15) is 51.2 Å². The SMILES string of the molecule is CC(O)(CNC(=O)C(NC(=O)OCC1c2ccccc2-c2ccccc21)C(C)(C)C)CC(=O)O. The number of amides is 2. The Hall–Kier alpha value is -3.39. The van der Waals surface area contributed by atoms with E-state index < -0.39 is 41.4 Å². The van der Waals surface area contributed by atoms with Gasteiger partial charge < -0.3 is 25.6 Å². The van der Waals surface area contributed by atoms with E-state index in [9.17, 15) is 19.5 Å². The van der Waals surface area contributed by atoms with Crippen LogP contribution >= 0.6 is 0 Å². The average Bonchev–Trinajstić information content (AvgIpc) is 3.06. The standard InChI is InChI=1S/C26H32N2O6/c1-25(2,3)22(23(31)27-15-26(4,33)13-21(29)30)28-24(32)34-14-20-18-11-7-5-9-16(18)17-10-6-8-12-19(17)20/h5-12,20,22,33H,13-15H2,1-4H3,(H,27,31)(H,28,32)(H,29,30). The third-order valence-corrected chi connectivity index (χ3v) is 5.91. The Morgan fingerprint density at radius 1 is 0.971 bits per heavy atom. The van der Waals surface area contributed by atoms with Gasteiger partial charge in [-0.05, 0) is 34.6 Å². The van der Waals surface area contributed by atoms with Gasteiger partial charge in [-0.25, -0.2) is 4.79 Å². The Kier molecular flexibility index (Phi) is 7.31. The Morgan fingerprint density at radius 2 is 1.50 bits per heavy atom. The van der Waals surface area contributed by atoms with Gasteiger partial charge in [0, 0.05) is 12.5 Å². The molecule has 34 heavy (non-hydrogen) atoms. The van der Waals surface area contributed by atoms with Crippen LogP contribution in [0.25, 0.3) is 11.1 Å². The highest BCUT2D eigenvalue weighted by atomic mass is 16.5. The molecule has 0 radical (unpaired) electrons. The van der Waals surface area contributed by atoms with E-state index in [2.05, 4.69) is 10.6 Å². The molecule has 0 saturated carbocycles. The molecule has 0 aliphatic heterocycles. The van der Waals surface area contributed by atoms with Crippen LogP contribution in [0.2, 0.25) is 0 Å². The smallest absolute Gasteiger partial charge is 0.407 e. The van der Waals surface area contributed by atoms with E-state index in [1.54, 1.807) is 20.8 Å². The molecule has 3 rings (SSSR count). The van der Waals surface area contributed by atoms with E-state index in [1.807, 2.05) is 48.5 Å². The Labute approximate surface area is 199 Å². The monoisotopic (exact) mass is 468 g/mol. The Morgan fingerprint density at radius 3 is 2.00 bits per heavy atom. The van der Waals surface area contributed by atoms with Gasteiger partial charge in [0.25, 0.3) is 0 Å². The number of fused-ring (bicyclic) bond motifs is 3. The van der Waals surface area contributed by atoms with Crippen molar-refractivity contribution in [3.8, 4) is 11.1 Å². The molecular formula is C26H32N2O6. The van der Waals surface area contributed by atoms with E-state index in [4.69, 9.17) is 9.84 Å². The molecule has 182 valence electrons. The summed E-state index contributed by atoms with van der Waals surface area (Å²) in [6.07, 6.45) is -1.25. The van der Waals surface area contributed by atoms with Gasteiger partial charge in [-0.3, -0.25) is 9.59 Å². The summed E-state index contributed by atoms with van der Waals surface area (Å²) in [6, 6.07) is 15.1. The molecule has 8 heteroatoms. The lowest BCUT2D eigenvalue weighted by Crippen LogP contribution is -2.56. The molecule has 2 atom stereocenters. The number of carboxylic acid groups (broad SMARTS) is 1. The highest BCUT2D eigenvalue weighted by Gasteiger charge is 2.35. The third-order valence-electron chi connectivity index (χ3n) is 5.91. The number of carbonyl (C=O) groups excluding carboxylic acids is 2. The minimum atomic E-state index is -1.62. The highest BCUT2D eigenvalue weighted by molar-refractivity contribution is 5.86. The number of hydrogen-bond acceptors (Lipinski definition) is 5. The summed E-state index contributed by atoms with van der Waals surface area (Å²) < 4.78 is 5.56. The first-order chi connectivity index (χ1) is 15.9. The Bertz CT molecular complexity index is 1030. The van der Waals surface area contributed by atoms with Gasteiger partial charge >= 0.3 is 12.1 Å². The van der Waals surface area contributed by atoms with Crippen molar-refractivity contribution in [3.05, 3.63) is 59.7 Å². The van der Waals surface area contributed by atoms with Crippen LogP contribution in [-0.4, -0.2) is 53.0 Å². The van der Waals surface area contributed by atoms with Crippen molar-refractivity contribution in [2.24, 2.45) is 5.41 Å². The maximum atomic E-state index is 12.8. The molecule has 1 aliphatic carbocycles. The zero-order valence-electron chi connectivity index (χ0n) is 19.9. The first-order valence-electron chi connectivity index (χ1n) is 11.2. The van der Waals surface area contributed by atoms with E-state index in [0.29, 0.717) is 0 Å². The largest absolute Gasteiger partial charge is 0.481 e. The zero-order chi connectivity index (χ0) is 25.1. The molecule has 8 nitrogen and oxygen atoms in total. The van der Waals surface area contributed by atoms with E-state index in [-0.39, 0.29) is 19.1 Å². The predicted molar refractivity (Wildman–Crippen MR) is 127 cm³/mol. The molecule has 2 aromatic carbocycles. The first-order valence-corrected chi connectivity index (χ1v) is 11.2. The maximum absolute atomic E-state index is 12.8. The molecule has 1 aliphatic rings. The number of alkyl carbamates (subject to hydrolysis) is 1. The van der Waals surface area contributed by atoms with Crippen LogP contribution in [0.5, 0.6) is 0 Å². The van der Waals surface area contributed by atoms with Crippen LogP contribution in [0.4, 0.5) is 4.79 Å². The van der Waals surface area contributed by atoms with Gasteiger partial charge in [0.15, 0.2) is 0 Å². The van der Waals surface area contributed by atoms with Crippen molar-refractivity contribution in [1.82, 2.24) is 10.6 Å². The number of hydrogen-bond donors (Lipinski definition) is 4. The van der Waals surface area contributed by atoms with E-state index in [1.165, 1.54) is 6.92 Å². The number of aliphatic hydroxyl groups is 1. The third kappa shape index (κ3) is 5.94. The minimum Gasteiger partial charge on any atom is -0.481 e. The summed E-state index contributed by atoms with van der Waals surface area (Å²) in [7, 11) is 0. The molecule has 0 spiro atoms. The summed E-state index contributed by atoms with van der Waals surface area (Å²) in [5, 5.41) is 24.2. The highest BCUT2D eigenvalue weighted by Crippen LogP contribution is 2.44. The molecule has 2 amide bonds. The van der Waals surface area contributed by atoms with Crippen molar-refractivity contribution in [1.29, 1.82) is 0 Å². The number of aliphatic carboxylic acids is 1. The lowest BCUT2D eigenvalue weighted by molar-refractivity contribution is -0.142. The second kappa shape index (κ2) is 9.85. The number of carbonyl (C=O) groups is 3. The molecule has 2 unspecified atom stereocenters. The fourth-order valence-corrected chi connectivity index (χ4v) is 4.20. The summed E-state index contributed by atoms with van der Waals surface area (Å²) in [5.74, 6) is -1.82. The van der Waals surface area contributed by atoms with E-state index in [0.717, 1.165) is 22.3 Å². The molecule has 0 saturated heterocycles. The molecule has 4 N–H and O–H groups in total. The van der Waals surface area contributed by atoms with Gasteiger partial charge in [0.05, 0.1) is 12.0 Å². The van der Waals surface area contributed by atoms with Gasteiger partial charge in [-0.15, -0.1) is 0 Å². The average molecular weight is 469 g/mol. The molecule has 0 bridgehead atoms. The number of nitrogens with one attached hydrogen (secondary N) is 2. The molecule has 0 fully saturated rings. The van der Waals surface area contributed by atoms with Gasteiger partial charge in [0.2, 0.25) is 5.91 Å². The fraction of sp³-hybridized carbons (Fsp3) is 0.423. The number of carboxylic acids is 1. The van der Waals surface area contributed by atoms with Gasteiger partial charge in [0.1, 0.15) is 12.6 Å². The maximum Gasteiger partial charge on any atom is 0.407 e. The summed E-state index contributed by atoms with van der Waals surface area (Å²) in [6.45, 7) is 6.54. The summed E-state index contributed by atoms with van der Waals surface area (Å²) in [5.41, 5.74) is 2.13. The fourth-order valence-electron chi connectivity index (χ4n) is 4.20. The number of benzene rings is 2. The minimum absolute atomic E-state index is 0.105. The Balaban J connectivity index is 1.65. The van der Waals surface area contributed by atoms with Crippen molar-refractivity contribution in [3.63, 3.8) is 0 Å². The second-order valence-corrected chi connectivity index (χ2v) is 10.1. The van der Waals surface area contributed by atoms with Crippen molar-refractivity contribution in [2.45, 2.75) is 51.7 Å². The number of rotatable bonds is 8.